The fraction of sp³-hybridized carbons (Fsp3) is 0.471. The standard InChI is InChI=1S/C17H23N2O3/c1-16(2,15(18)21)12-14(20)19-10-8-17(22,9-11-19)13-6-4-3-5-7-13/h3-7,12,22H,8-11H2,1-2H3,(H2,18,21). The van der Waals surface area contributed by atoms with Gasteiger partial charge in [0.15, 0.2) is 0 Å². The number of carbonyl (C=O) groups is 2. The van der Waals surface area contributed by atoms with E-state index in [1.807, 2.05) is 30.3 Å². The van der Waals surface area contributed by atoms with E-state index < -0.39 is 16.9 Å². The zero-order valence-corrected chi connectivity index (χ0v) is 13.1. The van der Waals surface area contributed by atoms with Gasteiger partial charge in [0.2, 0.25) is 11.8 Å². The lowest BCUT2D eigenvalue weighted by Crippen LogP contribution is -2.47. The minimum Gasteiger partial charge on any atom is -0.385 e. The van der Waals surface area contributed by atoms with Crippen molar-refractivity contribution in [2.45, 2.75) is 32.3 Å². The first kappa shape index (κ1) is 16.5. The molecule has 0 bridgehead atoms. The second-order valence-electron chi connectivity index (χ2n) is 6.45. The largest absolute Gasteiger partial charge is 0.385 e. The van der Waals surface area contributed by atoms with Gasteiger partial charge in [0.05, 0.1) is 17.4 Å². The summed E-state index contributed by atoms with van der Waals surface area (Å²) in [6.45, 7) is 4.15. The number of hydrogen-bond acceptors (Lipinski definition) is 3. The molecule has 3 N–H and O–H groups in total. The number of aliphatic hydroxyl groups is 1. The topological polar surface area (TPSA) is 83.6 Å². The van der Waals surface area contributed by atoms with Crippen LogP contribution in [0.3, 0.4) is 0 Å². The monoisotopic (exact) mass is 303 g/mol. The molecule has 22 heavy (non-hydrogen) atoms. The Morgan fingerprint density at radius 3 is 2.27 bits per heavy atom. The van der Waals surface area contributed by atoms with Gasteiger partial charge in [-0.1, -0.05) is 44.2 Å². The summed E-state index contributed by atoms with van der Waals surface area (Å²) in [5, 5.41) is 10.7. The number of primary amides is 1. The van der Waals surface area contributed by atoms with E-state index in [2.05, 4.69) is 0 Å². The molecule has 1 radical (unpaired) electrons. The van der Waals surface area contributed by atoms with Crippen LogP contribution in [-0.4, -0.2) is 34.9 Å². The summed E-state index contributed by atoms with van der Waals surface area (Å²) in [6.07, 6.45) is 2.32. The Morgan fingerprint density at radius 2 is 1.77 bits per heavy atom. The molecule has 0 aliphatic carbocycles. The number of nitrogens with two attached hydrogens (primary N) is 1. The van der Waals surface area contributed by atoms with Gasteiger partial charge in [-0.05, 0) is 18.4 Å². The Morgan fingerprint density at radius 1 is 1.23 bits per heavy atom. The quantitative estimate of drug-likeness (QED) is 0.877. The van der Waals surface area contributed by atoms with Gasteiger partial charge < -0.3 is 15.7 Å². The molecule has 0 spiro atoms. The van der Waals surface area contributed by atoms with Gasteiger partial charge >= 0.3 is 0 Å². The van der Waals surface area contributed by atoms with Crippen molar-refractivity contribution < 1.29 is 14.7 Å². The van der Waals surface area contributed by atoms with Crippen molar-refractivity contribution in [1.29, 1.82) is 0 Å². The highest BCUT2D eigenvalue weighted by atomic mass is 16.3. The van der Waals surface area contributed by atoms with Crippen molar-refractivity contribution in [2.24, 2.45) is 11.1 Å². The molecule has 5 heteroatoms. The first-order chi connectivity index (χ1) is 10.2. The first-order valence-corrected chi connectivity index (χ1v) is 7.47. The number of piperidine rings is 1. The van der Waals surface area contributed by atoms with Gasteiger partial charge in [-0.15, -0.1) is 0 Å². The van der Waals surface area contributed by atoms with Gasteiger partial charge in [-0.25, -0.2) is 0 Å². The van der Waals surface area contributed by atoms with E-state index in [1.165, 1.54) is 6.42 Å². The van der Waals surface area contributed by atoms with Crippen LogP contribution in [0, 0.1) is 11.8 Å². The molecule has 1 saturated heterocycles. The number of rotatable bonds is 4. The molecule has 0 unspecified atom stereocenters. The second-order valence-corrected chi connectivity index (χ2v) is 6.45. The molecule has 0 aromatic heterocycles. The van der Waals surface area contributed by atoms with Crippen LogP contribution < -0.4 is 5.73 Å². The van der Waals surface area contributed by atoms with Crippen LogP contribution in [0.1, 0.15) is 32.3 Å². The molecule has 1 aromatic rings. The highest BCUT2D eigenvalue weighted by Crippen LogP contribution is 2.33. The SMILES string of the molecule is CC(C)([CH]C(=O)N1CCC(O)(c2ccccc2)CC1)C(N)=O. The van der Waals surface area contributed by atoms with Crippen molar-refractivity contribution in [1.82, 2.24) is 4.90 Å². The Balaban J connectivity index is 1.98. The average Bonchev–Trinajstić information content (AvgIpc) is 2.48. The summed E-state index contributed by atoms with van der Waals surface area (Å²) in [6, 6.07) is 9.51. The number of carbonyl (C=O) groups excluding carboxylic acids is 2. The van der Waals surface area contributed by atoms with Crippen molar-refractivity contribution in [3.63, 3.8) is 0 Å². The zero-order chi connectivity index (χ0) is 16.4. The molecule has 1 heterocycles. The van der Waals surface area contributed by atoms with Crippen molar-refractivity contribution >= 4 is 11.8 Å². The third-order valence-electron chi connectivity index (χ3n) is 4.33. The van der Waals surface area contributed by atoms with Crippen LogP contribution in [0.4, 0.5) is 0 Å². The third-order valence-corrected chi connectivity index (χ3v) is 4.33. The summed E-state index contributed by atoms with van der Waals surface area (Å²) >= 11 is 0. The lowest BCUT2D eigenvalue weighted by Gasteiger charge is -2.39. The fourth-order valence-corrected chi connectivity index (χ4v) is 2.61. The molecule has 2 rings (SSSR count). The summed E-state index contributed by atoms with van der Waals surface area (Å²) in [4.78, 5) is 25.2. The van der Waals surface area contributed by atoms with Gasteiger partial charge in [-0.3, -0.25) is 9.59 Å². The number of nitrogens with zero attached hydrogens (tertiary/aromatic N) is 1. The van der Waals surface area contributed by atoms with Gasteiger partial charge in [-0.2, -0.15) is 0 Å². The maximum Gasteiger partial charge on any atom is 0.227 e. The predicted octanol–water partition coefficient (Wildman–Crippen LogP) is 1.21. The predicted molar refractivity (Wildman–Crippen MR) is 83.4 cm³/mol. The minimum absolute atomic E-state index is 0.209. The second kappa shape index (κ2) is 6.08. The van der Waals surface area contributed by atoms with Gasteiger partial charge in [0.1, 0.15) is 0 Å². The normalized spacial score (nSPS) is 18.0. The molecule has 1 aliphatic heterocycles. The van der Waals surface area contributed by atoms with E-state index in [4.69, 9.17) is 5.73 Å². The summed E-state index contributed by atoms with van der Waals surface area (Å²) in [5.41, 5.74) is 4.30. The Bertz CT molecular complexity index is 546. The van der Waals surface area contributed by atoms with E-state index in [1.54, 1.807) is 18.7 Å². The van der Waals surface area contributed by atoms with E-state index in [9.17, 15) is 14.7 Å². The lowest BCUT2D eigenvalue weighted by atomic mass is 9.83. The van der Waals surface area contributed by atoms with Crippen LogP contribution in [0.25, 0.3) is 0 Å². The van der Waals surface area contributed by atoms with E-state index >= 15 is 0 Å². The van der Waals surface area contributed by atoms with Crippen molar-refractivity contribution in [2.75, 3.05) is 13.1 Å². The van der Waals surface area contributed by atoms with Gasteiger partial charge in [0.25, 0.3) is 0 Å². The molecule has 2 amide bonds. The highest BCUT2D eigenvalue weighted by Gasteiger charge is 2.37. The summed E-state index contributed by atoms with van der Waals surface area (Å²) in [5.74, 6) is -0.738. The van der Waals surface area contributed by atoms with E-state index in [-0.39, 0.29) is 5.91 Å². The number of likely N-dealkylation sites (tertiary alicyclic amines) is 1. The van der Waals surface area contributed by atoms with Crippen LogP contribution in [-0.2, 0) is 15.2 Å². The summed E-state index contributed by atoms with van der Waals surface area (Å²) < 4.78 is 0. The number of benzene rings is 1. The maximum atomic E-state index is 12.2. The van der Waals surface area contributed by atoms with Crippen LogP contribution in [0.15, 0.2) is 30.3 Å². The first-order valence-electron chi connectivity index (χ1n) is 7.47. The zero-order valence-electron chi connectivity index (χ0n) is 13.1. The summed E-state index contributed by atoms with van der Waals surface area (Å²) in [7, 11) is 0. The minimum atomic E-state index is -0.968. The average molecular weight is 303 g/mol. The molecule has 0 atom stereocenters. The third kappa shape index (κ3) is 3.47. The van der Waals surface area contributed by atoms with E-state index in [0.717, 1.165) is 5.56 Å². The number of amides is 2. The number of hydrogen-bond donors (Lipinski definition) is 2. The molecule has 1 aliphatic rings. The van der Waals surface area contributed by atoms with Gasteiger partial charge in [0, 0.05) is 13.1 Å². The maximum absolute atomic E-state index is 12.2. The van der Waals surface area contributed by atoms with Crippen LogP contribution in [0.5, 0.6) is 0 Å². The molecular formula is C17H23N2O3. The smallest absolute Gasteiger partial charge is 0.227 e. The molecule has 0 saturated carbocycles. The molecule has 119 valence electrons. The van der Waals surface area contributed by atoms with Crippen LogP contribution >= 0.6 is 0 Å². The van der Waals surface area contributed by atoms with Crippen LogP contribution in [0.2, 0.25) is 0 Å². The Labute approximate surface area is 131 Å². The fourth-order valence-electron chi connectivity index (χ4n) is 2.61. The molecule has 1 aromatic carbocycles. The molecule has 1 fully saturated rings. The lowest BCUT2D eigenvalue weighted by molar-refractivity contribution is -0.136. The molecular weight excluding hydrogens is 280 g/mol. The van der Waals surface area contributed by atoms with Crippen molar-refractivity contribution in [3.05, 3.63) is 42.3 Å². The van der Waals surface area contributed by atoms with E-state index in [0.29, 0.717) is 25.9 Å². The van der Waals surface area contributed by atoms with Crippen molar-refractivity contribution in [3.8, 4) is 0 Å². The Kier molecular flexibility index (Phi) is 4.56. The Hall–Kier alpha value is -1.88. The molecule has 5 nitrogen and oxygen atoms in total. The highest BCUT2D eigenvalue weighted by molar-refractivity contribution is 5.94.